The van der Waals surface area contributed by atoms with Crippen molar-refractivity contribution in [3.63, 3.8) is 0 Å². The molecule has 0 radical (unpaired) electrons. The van der Waals surface area contributed by atoms with Gasteiger partial charge in [-0.1, -0.05) is 0 Å². The molecule has 1 aromatic carbocycles. The molecule has 0 aliphatic heterocycles. The van der Waals surface area contributed by atoms with Gasteiger partial charge < -0.3 is 11.1 Å². The van der Waals surface area contributed by atoms with Gasteiger partial charge in [-0.3, -0.25) is 0 Å². The number of nitrogen functional groups attached to an aromatic ring is 1. The van der Waals surface area contributed by atoms with Crippen molar-refractivity contribution in [3.05, 3.63) is 21.8 Å². The van der Waals surface area contributed by atoms with E-state index < -0.39 is 0 Å². The summed E-state index contributed by atoms with van der Waals surface area (Å²) in [5.74, 6) is 0. The number of hydrogen-bond donors (Lipinski definition) is 2. The topological polar surface area (TPSA) is 38.0 Å². The van der Waals surface area contributed by atoms with E-state index in [4.69, 9.17) is 5.73 Å². The Kier molecular flexibility index (Phi) is 2.37. The summed E-state index contributed by atoms with van der Waals surface area (Å²) in [5, 5.41) is 3.03. The van der Waals surface area contributed by atoms with E-state index >= 15 is 0 Å². The van der Waals surface area contributed by atoms with Crippen molar-refractivity contribution in [1.29, 1.82) is 0 Å². The van der Waals surface area contributed by atoms with Gasteiger partial charge in [0.15, 0.2) is 0 Å². The molecule has 0 atom stereocenters. The Morgan fingerprint density at radius 3 is 2.70 bits per heavy atom. The fourth-order valence-corrected chi connectivity index (χ4v) is 1.20. The second-order valence-electron chi connectivity index (χ2n) is 1.99. The number of halogens is 1. The van der Waals surface area contributed by atoms with Crippen molar-refractivity contribution in [2.24, 2.45) is 0 Å². The molecule has 0 aromatic heterocycles. The smallest absolute Gasteiger partial charge is 0.0451 e. The molecule has 1 rings (SSSR count). The average molecular weight is 248 g/mol. The highest BCUT2D eigenvalue weighted by Crippen LogP contribution is 2.18. The molecule has 0 aliphatic carbocycles. The second-order valence-corrected chi connectivity index (χ2v) is 3.15. The minimum atomic E-state index is 0.833. The first-order valence-electron chi connectivity index (χ1n) is 2.97. The third kappa shape index (κ3) is 1.53. The number of nitrogens with two attached hydrogens (primary N) is 1. The van der Waals surface area contributed by atoms with E-state index in [-0.39, 0.29) is 0 Å². The van der Waals surface area contributed by atoms with Gasteiger partial charge in [-0.25, -0.2) is 0 Å². The lowest BCUT2D eigenvalue weighted by Crippen LogP contribution is -1.92. The van der Waals surface area contributed by atoms with Crippen LogP contribution in [0.4, 0.5) is 11.4 Å². The molecule has 0 unspecified atom stereocenters. The van der Waals surface area contributed by atoms with E-state index in [2.05, 4.69) is 27.9 Å². The highest BCUT2D eigenvalue weighted by Gasteiger charge is 1.93. The number of benzene rings is 1. The van der Waals surface area contributed by atoms with Crippen LogP contribution in [0.25, 0.3) is 0 Å². The Bertz CT molecular complexity index is 235. The van der Waals surface area contributed by atoms with Crippen LogP contribution in [-0.2, 0) is 0 Å². The van der Waals surface area contributed by atoms with E-state index in [9.17, 15) is 0 Å². The van der Waals surface area contributed by atoms with Crippen LogP contribution in [0.3, 0.4) is 0 Å². The molecule has 54 valence electrons. The first-order valence-corrected chi connectivity index (χ1v) is 4.04. The van der Waals surface area contributed by atoms with Crippen LogP contribution in [-0.4, -0.2) is 7.05 Å². The molecule has 0 spiro atoms. The first-order chi connectivity index (χ1) is 4.74. The highest BCUT2D eigenvalue weighted by atomic mass is 127. The molecule has 2 nitrogen and oxygen atoms in total. The summed E-state index contributed by atoms with van der Waals surface area (Å²) in [4.78, 5) is 0. The van der Waals surface area contributed by atoms with E-state index in [1.807, 2.05) is 25.2 Å². The lowest BCUT2D eigenvalue weighted by molar-refractivity contribution is 1.50. The molecule has 0 amide bonds. The quantitative estimate of drug-likeness (QED) is 0.588. The number of nitrogens with one attached hydrogen (secondary N) is 1. The van der Waals surface area contributed by atoms with Gasteiger partial charge in [-0.2, -0.15) is 0 Å². The molecule has 0 aliphatic rings. The summed E-state index contributed by atoms with van der Waals surface area (Å²) in [6.07, 6.45) is 0. The standard InChI is InChI=1S/C7H9IN2/c1-10-5-2-3-7(9)6(8)4-5/h2-4,10H,9H2,1H3. The van der Waals surface area contributed by atoms with Crippen molar-refractivity contribution in [2.45, 2.75) is 0 Å². The zero-order chi connectivity index (χ0) is 7.56. The van der Waals surface area contributed by atoms with Crippen LogP contribution >= 0.6 is 22.6 Å². The zero-order valence-electron chi connectivity index (χ0n) is 5.69. The van der Waals surface area contributed by atoms with Crippen LogP contribution < -0.4 is 11.1 Å². The number of hydrogen-bond acceptors (Lipinski definition) is 2. The second kappa shape index (κ2) is 3.09. The summed E-state index contributed by atoms with van der Waals surface area (Å²) in [5.41, 5.74) is 7.54. The van der Waals surface area contributed by atoms with Gasteiger partial charge in [0.05, 0.1) is 0 Å². The van der Waals surface area contributed by atoms with Crippen LogP contribution in [0.1, 0.15) is 0 Å². The Morgan fingerprint density at radius 1 is 1.50 bits per heavy atom. The normalized spacial score (nSPS) is 9.40. The molecule has 3 N–H and O–H groups in total. The summed E-state index contributed by atoms with van der Waals surface area (Å²) < 4.78 is 1.09. The molecule has 0 fully saturated rings. The monoisotopic (exact) mass is 248 g/mol. The molecule has 0 saturated carbocycles. The van der Waals surface area contributed by atoms with Gasteiger partial charge in [-0.15, -0.1) is 0 Å². The van der Waals surface area contributed by atoms with Crippen molar-refractivity contribution in [3.8, 4) is 0 Å². The summed E-state index contributed by atoms with van der Waals surface area (Å²) in [7, 11) is 1.89. The third-order valence-corrected chi connectivity index (χ3v) is 2.22. The molecule has 3 heteroatoms. The molecule has 0 heterocycles. The predicted octanol–water partition coefficient (Wildman–Crippen LogP) is 1.92. The van der Waals surface area contributed by atoms with Gasteiger partial charge in [0, 0.05) is 22.0 Å². The maximum atomic E-state index is 5.61. The number of anilines is 2. The van der Waals surface area contributed by atoms with E-state index in [1.54, 1.807) is 0 Å². The molecular formula is C7H9IN2. The van der Waals surface area contributed by atoms with Crippen LogP contribution in [0.2, 0.25) is 0 Å². The minimum absolute atomic E-state index is 0.833. The Hall–Kier alpha value is -0.450. The van der Waals surface area contributed by atoms with Crippen LogP contribution in [0.15, 0.2) is 18.2 Å². The van der Waals surface area contributed by atoms with E-state index in [1.165, 1.54) is 0 Å². The predicted molar refractivity (Wildman–Crippen MR) is 53.1 cm³/mol. The Labute approximate surface area is 73.9 Å². The Morgan fingerprint density at radius 2 is 2.20 bits per heavy atom. The first kappa shape index (κ1) is 7.65. The molecule has 0 bridgehead atoms. The zero-order valence-corrected chi connectivity index (χ0v) is 7.84. The van der Waals surface area contributed by atoms with Crippen LogP contribution in [0.5, 0.6) is 0 Å². The SMILES string of the molecule is CNc1ccc(N)c(I)c1. The van der Waals surface area contributed by atoms with Crippen molar-refractivity contribution in [1.82, 2.24) is 0 Å². The minimum Gasteiger partial charge on any atom is -0.398 e. The van der Waals surface area contributed by atoms with Crippen LogP contribution in [0, 0.1) is 3.57 Å². The summed E-state index contributed by atoms with van der Waals surface area (Å²) >= 11 is 2.21. The van der Waals surface area contributed by atoms with E-state index in [0.29, 0.717) is 0 Å². The number of rotatable bonds is 1. The average Bonchev–Trinajstić information content (AvgIpc) is 1.95. The molecule has 0 saturated heterocycles. The maximum absolute atomic E-state index is 5.61. The largest absolute Gasteiger partial charge is 0.398 e. The highest BCUT2D eigenvalue weighted by molar-refractivity contribution is 14.1. The van der Waals surface area contributed by atoms with Crippen molar-refractivity contribution in [2.75, 3.05) is 18.1 Å². The lowest BCUT2D eigenvalue weighted by Gasteiger charge is -2.01. The van der Waals surface area contributed by atoms with Gasteiger partial charge in [0.1, 0.15) is 0 Å². The van der Waals surface area contributed by atoms with E-state index in [0.717, 1.165) is 14.9 Å². The van der Waals surface area contributed by atoms with Gasteiger partial charge in [0.25, 0.3) is 0 Å². The third-order valence-electron chi connectivity index (χ3n) is 1.29. The molecule has 10 heavy (non-hydrogen) atoms. The lowest BCUT2D eigenvalue weighted by atomic mass is 10.3. The Balaban J connectivity index is 3.04. The fraction of sp³-hybridized carbons (Fsp3) is 0.143. The van der Waals surface area contributed by atoms with Gasteiger partial charge in [0.2, 0.25) is 0 Å². The fourth-order valence-electron chi connectivity index (χ4n) is 0.683. The summed E-state index contributed by atoms with van der Waals surface area (Å²) in [6.45, 7) is 0. The maximum Gasteiger partial charge on any atom is 0.0451 e. The van der Waals surface area contributed by atoms with Gasteiger partial charge in [-0.05, 0) is 40.8 Å². The summed E-state index contributed by atoms with van der Waals surface area (Å²) in [6, 6.07) is 5.86. The van der Waals surface area contributed by atoms with Gasteiger partial charge >= 0.3 is 0 Å². The molecule has 1 aromatic rings. The molecular weight excluding hydrogens is 239 g/mol. The van der Waals surface area contributed by atoms with Crippen molar-refractivity contribution >= 4 is 34.0 Å². The van der Waals surface area contributed by atoms with Crippen molar-refractivity contribution < 1.29 is 0 Å².